The number of ether oxygens (including phenoxy) is 5. The lowest BCUT2D eigenvalue weighted by atomic mass is 10.0. The number of hydrogen-bond acceptors (Lipinski definition) is 7. The average molecular weight is 661 g/mol. The Morgan fingerprint density at radius 1 is 0.562 bits per heavy atom. The van der Waals surface area contributed by atoms with Crippen molar-refractivity contribution in [1.29, 1.82) is 0 Å². The summed E-state index contributed by atoms with van der Waals surface area (Å²) < 4.78 is 28.0. The molecule has 3 aromatic rings. The minimum Gasteiger partial charge on any atom is -0.491 e. The van der Waals surface area contributed by atoms with E-state index in [0.717, 1.165) is 54.7 Å². The van der Waals surface area contributed by atoms with Crippen LogP contribution in [0.15, 0.2) is 72.8 Å². The molecule has 0 N–H and O–H groups in total. The SMILES string of the molecule is CCCCCCCCCCCC(=O)O[C@H](C)c1ccc(OC(=O)c2ccc(-c3ccc(OCCOCCOCCCC)cc3)cc2)cc1. The summed E-state index contributed by atoms with van der Waals surface area (Å²) in [7, 11) is 0. The van der Waals surface area contributed by atoms with E-state index in [-0.39, 0.29) is 12.1 Å². The van der Waals surface area contributed by atoms with E-state index in [4.69, 9.17) is 23.7 Å². The first-order valence-electron chi connectivity index (χ1n) is 18.0. The summed E-state index contributed by atoms with van der Waals surface area (Å²) in [6.45, 7) is 9.18. The maximum atomic E-state index is 12.8. The van der Waals surface area contributed by atoms with Crippen LogP contribution in [-0.4, -0.2) is 45.0 Å². The Hall–Kier alpha value is -3.68. The first kappa shape index (κ1) is 38.8. The van der Waals surface area contributed by atoms with Crippen LogP contribution in [0, 0.1) is 0 Å². The number of benzene rings is 3. The molecule has 7 nitrogen and oxygen atoms in total. The Kier molecular flexibility index (Phi) is 19.1. The van der Waals surface area contributed by atoms with Gasteiger partial charge >= 0.3 is 11.9 Å². The second kappa shape index (κ2) is 23.6. The zero-order valence-corrected chi connectivity index (χ0v) is 29.4. The zero-order chi connectivity index (χ0) is 34.2. The van der Waals surface area contributed by atoms with Crippen molar-refractivity contribution in [3.8, 4) is 22.6 Å². The van der Waals surface area contributed by atoms with Crippen LogP contribution in [-0.2, 0) is 19.0 Å². The molecule has 0 saturated heterocycles. The molecule has 0 radical (unpaired) electrons. The minimum absolute atomic E-state index is 0.172. The van der Waals surface area contributed by atoms with Gasteiger partial charge in [-0.25, -0.2) is 4.79 Å². The van der Waals surface area contributed by atoms with E-state index in [1.165, 1.54) is 44.9 Å². The van der Waals surface area contributed by atoms with Crippen molar-refractivity contribution < 1.29 is 33.3 Å². The maximum Gasteiger partial charge on any atom is 0.343 e. The van der Waals surface area contributed by atoms with Crippen LogP contribution in [0.3, 0.4) is 0 Å². The largest absolute Gasteiger partial charge is 0.491 e. The molecule has 3 rings (SSSR count). The molecule has 0 aromatic heterocycles. The Bertz CT molecular complexity index is 1290. The molecular formula is C41H56O7. The van der Waals surface area contributed by atoms with Crippen molar-refractivity contribution in [2.45, 2.75) is 104 Å². The molecule has 0 fully saturated rings. The van der Waals surface area contributed by atoms with Gasteiger partial charge in [0.1, 0.15) is 24.2 Å². The van der Waals surface area contributed by atoms with E-state index in [1.54, 1.807) is 24.3 Å². The minimum atomic E-state index is -0.437. The zero-order valence-electron chi connectivity index (χ0n) is 29.4. The molecule has 0 aliphatic rings. The topological polar surface area (TPSA) is 80.3 Å². The predicted octanol–water partition coefficient (Wildman–Crippen LogP) is 10.3. The van der Waals surface area contributed by atoms with Crippen molar-refractivity contribution in [3.05, 3.63) is 83.9 Å². The van der Waals surface area contributed by atoms with Gasteiger partial charge in [0.2, 0.25) is 0 Å². The van der Waals surface area contributed by atoms with Crippen LogP contribution >= 0.6 is 0 Å². The highest BCUT2D eigenvalue weighted by Gasteiger charge is 2.14. The number of unbranched alkanes of at least 4 members (excludes halogenated alkanes) is 9. The van der Waals surface area contributed by atoms with Crippen molar-refractivity contribution in [3.63, 3.8) is 0 Å². The average Bonchev–Trinajstić information content (AvgIpc) is 3.11. The lowest BCUT2D eigenvalue weighted by molar-refractivity contribution is -0.148. The standard InChI is InChI=1S/C41H56O7/c1-4-6-8-9-10-11-12-13-14-15-40(42)47-33(3)34-20-26-39(27-21-34)48-41(43)37-18-16-35(17-19-37)36-22-24-38(25-23-36)46-32-31-45-30-29-44-28-7-5-2/h16-27,33H,4-15,28-32H2,1-3H3/t33-/m1/s1. The molecule has 1 atom stereocenters. The molecule has 0 spiro atoms. The van der Waals surface area contributed by atoms with Crippen LogP contribution < -0.4 is 9.47 Å². The summed E-state index contributed by atoms with van der Waals surface area (Å²) in [5.41, 5.74) is 3.31. The second-order valence-electron chi connectivity index (χ2n) is 12.2. The third-order valence-corrected chi connectivity index (χ3v) is 8.17. The van der Waals surface area contributed by atoms with Gasteiger partial charge in [0, 0.05) is 13.0 Å². The Morgan fingerprint density at radius 3 is 1.71 bits per heavy atom. The second-order valence-corrected chi connectivity index (χ2v) is 12.2. The first-order chi connectivity index (χ1) is 23.5. The van der Waals surface area contributed by atoms with Crippen LogP contribution in [0.25, 0.3) is 11.1 Å². The number of rotatable bonds is 25. The third-order valence-electron chi connectivity index (χ3n) is 8.17. The van der Waals surface area contributed by atoms with Gasteiger partial charge in [-0.1, -0.05) is 108 Å². The summed E-state index contributed by atoms with van der Waals surface area (Å²) in [5, 5.41) is 0. The number of esters is 2. The Labute approximate surface area is 288 Å². The van der Waals surface area contributed by atoms with Crippen molar-refractivity contribution in [2.24, 2.45) is 0 Å². The highest BCUT2D eigenvalue weighted by molar-refractivity contribution is 5.91. The summed E-state index contributed by atoms with van der Waals surface area (Å²) >= 11 is 0. The maximum absolute atomic E-state index is 12.8. The van der Waals surface area contributed by atoms with Crippen LogP contribution in [0.1, 0.15) is 120 Å². The van der Waals surface area contributed by atoms with Gasteiger partial charge in [-0.15, -0.1) is 0 Å². The normalized spacial score (nSPS) is 11.6. The van der Waals surface area contributed by atoms with Crippen molar-refractivity contribution >= 4 is 11.9 Å². The molecule has 0 saturated carbocycles. The van der Waals surface area contributed by atoms with E-state index in [9.17, 15) is 9.59 Å². The molecule has 0 aliphatic heterocycles. The lowest BCUT2D eigenvalue weighted by Crippen LogP contribution is -2.11. The Balaban J connectivity index is 1.34. The summed E-state index contributed by atoms with van der Waals surface area (Å²) in [4.78, 5) is 25.1. The molecule has 3 aromatic carbocycles. The van der Waals surface area contributed by atoms with Gasteiger partial charge in [0.25, 0.3) is 0 Å². The molecule has 7 heteroatoms. The molecule has 262 valence electrons. The fourth-order valence-corrected chi connectivity index (χ4v) is 5.21. The van der Waals surface area contributed by atoms with Gasteiger partial charge < -0.3 is 23.7 Å². The molecule has 0 bridgehead atoms. The highest BCUT2D eigenvalue weighted by atomic mass is 16.5. The number of carbonyl (C=O) groups is 2. The Morgan fingerprint density at radius 2 is 1.08 bits per heavy atom. The van der Waals surface area contributed by atoms with Crippen LogP contribution in [0.5, 0.6) is 11.5 Å². The van der Waals surface area contributed by atoms with Gasteiger partial charge in [-0.2, -0.15) is 0 Å². The van der Waals surface area contributed by atoms with Gasteiger partial charge in [-0.3, -0.25) is 4.79 Å². The monoisotopic (exact) mass is 660 g/mol. The molecule has 0 heterocycles. The van der Waals surface area contributed by atoms with Crippen LogP contribution in [0.2, 0.25) is 0 Å². The van der Waals surface area contributed by atoms with Crippen molar-refractivity contribution in [1.82, 2.24) is 0 Å². The van der Waals surface area contributed by atoms with E-state index in [1.807, 2.05) is 55.5 Å². The first-order valence-corrected chi connectivity index (χ1v) is 18.0. The van der Waals surface area contributed by atoms with E-state index in [0.29, 0.717) is 44.2 Å². The summed E-state index contributed by atoms with van der Waals surface area (Å²) in [5.74, 6) is 0.596. The molecule has 0 unspecified atom stereocenters. The predicted molar refractivity (Wildman–Crippen MR) is 192 cm³/mol. The lowest BCUT2D eigenvalue weighted by Gasteiger charge is -2.14. The van der Waals surface area contributed by atoms with E-state index >= 15 is 0 Å². The molecule has 48 heavy (non-hydrogen) atoms. The summed E-state index contributed by atoms with van der Waals surface area (Å²) in [6.07, 6.45) is 13.2. The molecule has 0 amide bonds. The molecule has 0 aliphatic carbocycles. The number of hydrogen-bond donors (Lipinski definition) is 0. The van der Waals surface area contributed by atoms with Crippen molar-refractivity contribution in [2.75, 3.05) is 33.0 Å². The third kappa shape index (κ3) is 15.5. The van der Waals surface area contributed by atoms with Gasteiger partial charge in [-0.05, 0) is 72.9 Å². The highest BCUT2D eigenvalue weighted by Crippen LogP contribution is 2.25. The number of carbonyl (C=O) groups excluding carboxylic acids is 2. The summed E-state index contributed by atoms with van der Waals surface area (Å²) in [6, 6.07) is 22.3. The van der Waals surface area contributed by atoms with Crippen LogP contribution in [0.4, 0.5) is 0 Å². The van der Waals surface area contributed by atoms with E-state index < -0.39 is 5.97 Å². The van der Waals surface area contributed by atoms with Gasteiger partial charge in [0.15, 0.2) is 0 Å². The fraction of sp³-hybridized carbons (Fsp3) is 0.512. The quantitative estimate of drug-likeness (QED) is 0.0508. The van der Waals surface area contributed by atoms with Gasteiger partial charge in [0.05, 0.1) is 25.4 Å². The molecular weight excluding hydrogens is 604 g/mol. The smallest absolute Gasteiger partial charge is 0.343 e. The van der Waals surface area contributed by atoms with E-state index in [2.05, 4.69) is 13.8 Å². The fourth-order valence-electron chi connectivity index (χ4n) is 5.21.